The summed E-state index contributed by atoms with van der Waals surface area (Å²) in [6, 6.07) is 3.87. The summed E-state index contributed by atoms with van der Waals surface area (Å²) >= 11 is 11.1. The summed E-state index contributed by atoms with van der Waals surface area (Å²) in [6.07, 6.45) is 0. The van der Waals surface area contributed by atoms with Gasteiger partial charge in [0.25, 0.3) is 10.1 Å². The number of carbonyl (C=O) groups is 1. The maximum atomic E-state index is 10.6. The Morgan fingerprint density at radius 2 is 1.95 bits per heavy atom. The maximum Gasteiger partial charge on any atom is 0.296 e. The highest BCUT2D eigenvalue weighted by Crippen LogP contribution is 2.20. The second-order valence-electron chi connectivity index (χ2n) is 3.20. The molecule has 0 aliphatic heterocycles. The van der Waals surface area contributed by atoms with E-state index >= 15 is 0 Å². The number of carbonyl (C=O) groups excluding carboxylic acids is 1. The topological polar surface area (TPSA) is 123 Å². The van der Waals surface area contributed by atoms with Gasteiger partial charge in [-0.05, 0) is 29.8 Å². The van der Waals surface area contributed by atoms with Crippen molar-refractivity contribution in [1.29, 1.82) is 0 Å². The number of hydrogen-bond donors (Lipinski definition) is 3. The lowest BCUT2D eigenvalue weighted by atomic mass is 10.3. The Balaban J connectivity index is 0.000000399. The molecule has 0 fully saturated rings. The van der Waals surface area contributed by atoms with E-state index in [0.29, 0.717) is 5.33 Å². The molecular weight excluding hydrogens is 427 g/mol. The summed E-state index contributed by atoms with van der Waals surface area (Å²) < 4.78 is 29.9. The Bertz CT molecular complexity index is 553. The summed E-state index contributed by atoms with van der Waals surface area (Å²) in [4.78, 5) is 9.46. The molecule has 19 heavy (non-hydrogen) atoms. The number of nitrogen functional groups attached to an aromatic ring is 2. The second kappa shape index (κ2) is 8.05. The SMILES string of the molecule is Nc1ccc(N)c(S(=O)(=O)O)c1.O=C(Cl)C(Br)CBr. The van der Waals surface area contributed by atoms with Crippen LogP contribution < -0.4 is 11.5 Å². The van der Waals surface area contributed by atoms with E-state index in [1.807, 2.05) is 0 Å². The first kappa shape index (κ1) is 18.7. The zero-order chi connectivity index (χ0) is 15.2. The molecule has 0 aliphatic rings. The third-order valence-corrected chi connectivity index (χ3v) is 5.39. The molecule has 0 heterocycles. The van der Waals surface area contributed by atoms with Gasteiger partial charge in [0.05, 0.1) is 10.5 Å². The lowest BCUT2D eigenvalue weighted by Crippen LogP contribution is -2.07. The van der Waals surface area contributed by atoms with Crippen molar-refractivity contribution in [1.82, 2.24) is 0 Å². The van der Waals surface area contributed by atoms with Crippen LogP contribution in [0.25, 0.3) is 0 Å². The number of anilines is 2. The van der Waals surface area contributed by atoms with Crippen LogP contribution in [0.4, 0.5) is 11.4 Å². The van der Waals surface area contributed by atoms with E-state index in [0.717, 1.165) is 6.07 Å². The first-order valence-electron chi connectivity index (χ1n) is 4.61. The minimum absolute atomic E-state index is 0.0216. The Hall–Kier alpha value is -0.350. The fourth-order valence-corrected chi connectivity index (χ4v) is 2.04. The average Bonchev–Trinajstić information content (AvgIpc) is 2.30. The molecule has 0 aromatic heterocycles. The van der Waals surface area contributed by atoms with Crippen molar-refractivity contribution in [3.8, 4) is 0 Å². The highest BCUT2D eigenvalue weighted by atomic mass is 79.9. The summed E-state index contributed by atoms with van der Waals surface area (Å²) in [5.74, 6) is 0. The van der Waals surface area contributed by atoms with E-state index in [1.54, 1.807) is 0 Å². The van der Waals surface area contributed by atoms with Gasteiger partial charge in [-0.25, -0.2) is 0 Å². The number of benzene rings is 1. The normalized spacial score (nSPS) is 12.2. The third-order valence-electron chi connectivity index (χ3n) is 1.70. The highest BCUT2D eigenvalue weighted by molar-refractivity contribution is 9.12. The average molecular weight is 439 g/mol. The molecular formula is C9H11Br2ClN2O4S. The van der Waals surface area contributed by atoms with Crippen molar-refractivity contribution in [2.24, 2.45) is 0 Å². The van der Waals surface area contributed by atoms with Gasteiger partial charge >= 0.3 is 0 Å². The fraction of sp³-hybridized carbons (Fsp3) is 0.222. The molecule has 0 spiro atoms. The van der Waals surface area contributed by atoms with Gasteiger partial charge in [0.1, 0.15) is 4.90 Å². The van der Waals surface area contributed by atoms with Gasteiger partial charge in [0.15, 0.2) is 0 Å². The van der Waals surface area contributed by atoms with Gasteiger partial charge in [-0.3, -0.25) is 9.35 Å². The van der Waals surface area contributed by atoms with Gasteiger partial charge in [0.2, 0.25) is 5.24 Å². The molecule has 1 atom stereocenters. The smallest absolute Gasteiger partial charge is 0.296 e. The molecule has 10 heteroatoms. The maximum absolute atomic E-state index is 10.6. The third kappa shape index (κ3) is 7.11. The molecule has 1 aromatic rings. The van der Waals surface area contributed by atoms with Crippen LogP contribution >= 0.6 is 43.5 Å². The summed E-state index contributed by atoms with van der Waals surface area (Å²) in [7, 11) is -4.26. The Morgan fingerprint density at radius 3 is 2.21 bits per heavy atom. The van der Waals surface area contributed by atoms with Crippen LogP contribution in [0.15, 0.2) is 23.1 Å². The largest absolute Gasteiger partial charge is 0.399 e. The van der Waals surface area contributed by atoms with E-state index in [4.69, 9.17) is 27.6 Å². The first-order chi connectivity index (χ1) is 8.59. The Labute approximate surface area is 132 Å². The van der Waals surface area contributed by atoms with Crippen molar-refractivity contribution in [3.05, 3.63) is 18.2 Å². The van der Waals surface area contributed by atoms with Crippen LogP contribution in [-0.4, -0.2) is 28.4 Å². The second-order valence-corrected chi connectivity index (χ2v) is 6.71. The van der Waals surface area contributed by atoms with Gasteiger partial charge in [-0.15, -0.1) is 0 Å². The van der Waals surface area contributed by atoms with Gasteiger partial charge in [-0.1, -0.05) is 31.9 Å². The van der Waals surface area contributed by atoms with Crippen LogP contribution in [0, 0.1) is 0 Å². The molecule has 0 aliphatic carbocycles. The predicted molar refractivity (Wildman–Crippen MR) is 82.5 cm³/mol. The highest BCUT2D eigenvalue weighted by Gasteiger charge is 2.13. The summed E-state index contributed by atoms with van der Waals surface area (Å²) in [6.45, 7) is 0. The van der Waals surface area contributed by atoms with E-state index in [9.17, 15) is 13.2 Å². The zero-order valence-electron chi connectivity index (χ0n) is 9.39. The molecule has 5 N–H and O–H groups in total. The molecule has 1 rings (SSSR count). The van der Waals surface area contributed by atoms with Crippen LogP contribution in [-0.2, 0) is 14.9 Å². The molecule has 0 saturated carbocycles. The Kier molecular flexibility index (Phi) is 7.90. The minimum atomic E-state index is -4.26. The number of hydrogen-bond acceptors (Lipinski definition) is 5. The lowest BCUT2D eigenvalue weighted by Gasteiger charge is -2.02. The van der Waals surface area contributed by atoms with Crippen molar-refractivity contribution < 1.29 is 17.8 Å². The molecule has 0 amide bonds. The first-order valence-corrected chi connectivity index (χ1v) is 8.47. The van der Waals surface area contributed by atoms with E-state index < -0.39 is 10.1 Å². The number of halogens is 3. The molecule has 6 nitrogen and oxygen atoms in total. The van der Waals surface area contributed by atoms with Crippen LogP contribution in [0.2, 0.25) is 0 Å². The van der Waals surface area contributed by atoms with Crippen molar-refractivity contribution in [3.63, 3.8) is 0 Å². The summed E-state index contributed by atoms with van der Waals surface area (Å²) in [5, 5.41) is 0.201. The monoisotopic (exact) mass is 436 g/mol. The molecule has 0 bridgehead atoms. The Morgan fingerprint density at radius 1 is 1.42 bits per heavy atom. The fourth-order valence-electron chi connectivity index (χ4n) is 0.835. The quantitative estimate of drug-likeness (QED) is 0.287. The number of alkyl halides is 2. The van der Waals surface area contributed by atoms with Crippen molar-refractivity contribution >= 4 is 70.2 Å². The molecule has 0 saturated heterocycles. The zero-order valence-corrected chi connectivity index (χ0v) is 14.1. The van der Waals surface area contributed by atoms with Gasteiger partial charge in [-0.2, -0.15) is 8.42 Å². The predicted octanol–water partition coefficient (Wildman–Crippen LogP) is 2.01. The lowest BCUT2D eigenvalue weighted by molar-refractivity contribution is -0.110. The van der Waals surface area contributed by atoms with E-state index in [1.165, 1.54) is 12.1 Å². The molecule has 108 valence electrons. The van der Waals surface area contributed by atoms with E-state index in [-0.39, 0.29) is 26.3 Å². The van der Waals surface area contributed by atoms with Crippen LogP contribution in [0.1, 0.15) is 0 Å². The van der Waals surface area contributed by atoms with Crippen molar-refractivity contribution in [2.75, 3.05) is 16.8 Å². The van der Waals surface area contributed by atoms with Crippen LogP contribution in [0.5, 0.6) is 0 Å². The van der Waals surface area contributed by atoms with E-state index in [2.05, 4.69) is 31.9 Å². The van der Waals surface area contributed by atoms with Gasteiger partial charge < -0.3 is 11.5 Å². The number of nitrogens with two attached hydrogens (primary N) is 2. The van der Waals surface area contributed by atoms with Crippen LogP contribution in [0.3, 0.4) is 0 Å². The molecule has 0 radical (unpaired) electrons. The van der Waals surface area contributed by atoms with Crippen molar-refractivity contribution in [2.45, 2.75) is 9.72 Å². The standard InChI is InChI=1S/C6H8N2O3S.C3H3Br2ClO/c7-4-1-2-5(8)6(3-4)12(9,10)11;4-1-2(5)3(6)7/h1-3H,7-8H2,(H,9,10,11);2H,1H2. The minimum Gasteiger partial charge on any atom is -0.399 e. The number of rotatable bonds is 3. The molecule has 1 aromatic carbocycles. The van der Waals surface area contributed by atoms with Gasteiger partial charge in [0, 0.05) is 11.0 Å². The summed E-state index contributed by atoms with van der Waals surface area (Å²) in [5.41, 5.74) is 10.8. The molecule has 1 unspecified atom stereocenters.